The molecule has 5 heteroatoms. The maximum atomic E-state index is 13.2. The van der Waals surface area contributed by atoms with Gasteiger partial charge in [-0.3, -0.25) is 0 Å². The summed E-state index contributed by atoms with van der Waals surface area (Å²) in [5, 5.41) is 9.01. The van der Waals surface area contributed by atoms with E-state index in [1.807, 2.05) is 0 Å². The molecule has 0 aliphatic heterocycles. The van der Waals surface area contributed by atoms with E-state index in [0.717, 1.165) is 12.1 Å². The highest BCUT2D eigenvalue weighted by Crippen LogP contribution is 2.19. The van der Waals surface area contributed by atoms with E-state index < -0.39 is 11.8 Å². The topological polar surface area (TPSA) is 46.5 Å². The smallest absolute Gasteiger partial charge is 0.336 e. The van der Waals surface area contributed by atoms with E-state index in [-0.39, 0.29) is 23.6 Å². The van der Waals surface area contributed by atoms with Gasteiger partial charge in [0.15, 0.2) is 0 Å². The van der Waals surface area contributed by atoms with Crippen LogP contribution in [0.15, 0.2) is 36.4 Å². The summed E-state index contributed by atoms with van der Waals surface area (Å²) in [5.41, 5.74) is 0.616. The Bertz CT molecular complexity index is 654. The van der Waals surface area contributed by atoms with Gasteiger partial charge in [0.25, 0.3) is 0 Å². The first-order valence-electron chi connectivity index (χ1n) is 5.88. The Morgan fingerprint density at radius 3 is 2.60 bits per heavy atom. The minimum atomic E-state index is -1.15. The SMILES string of the molecule is Cc1cc(OCc2cc(F)ccc2C(=O)O)ccc1F. The van der Waals surface area contributed by atoms with Gasteiger partial charge in [-0.25, -0.2) is 13.6 Å². The molecule has 2 aromatic carbocycles. The van der Waals surface area contributed by atoms with Crippen molar-refractivity contribution in [1.82, 2.24) is 0 Å². The van der Waals surface area contributed by atoms with Gasteiger partial charge in [-0.1, -0.05) is 0 Å². The van der Waals surface area contributed by atoms with Crippen LogP contribution in [-0.2, 0) is 6.61 Å². The minimum Gasteiger partial charge on any atom is -0.489 e. The molecule has 0 aliphatic carbocycles. The third-order valence-electron chi connectivity index (χ3n) is 2.82. The Kier molecular flexibility index (Phi) is 3.98. The van der Waals surface area contributed by atoms with Crippen molar-refractivity contribution in [3.63, 3.8) is 0 Å². The van der Waals surface area contributed by atoms with E-state index in [2.05, 4.69) is 0 Å². The number of hydrogen-bond acceptors (Lipinski definition) is 2. The van der Waals surface area contributed by atoms with Crippen molar-refractivity contribution < 1.29 is 23.4 Å². The second-order valence-corrected chi connectivity index (χ2v) is 4.31. The van der Waals surface area contributed by atoms with Crippen molar-refractivity contribution in [3.05, 3.63) is 64.7 Å². The van der Waals surface area contributed by atoms with Crippen molar-refractivity contribution in [2.45, 2.75) is 13.5 Å². The van der Waals surface area contributed by atoms with Crippen LogP contribution in [0.3, 0.4) is 0 Å². The molecule has 0 bridgehead atoms. The largest absolute Gasteiger partial charge is 0.489 e. The number of carbonyl (C=O) groups is 1. The summed E-state index contributed by atoms with van der Waals surface area (Å²) in [5.74, 6) is -1.65. The lowest BCUT2D eigenvalue weighted by molar-refractivity contribution is 0.0694. The molecule has 0 fully saturated rings. The van der Waals surface area contributed by atoms with Gasteiger partial charge in [0.1, 0.15) is 24.0 Å². The number of ether oxygens (including phenoxy) is 1. The minimum absolute atomic E-state index is 0.0229. The maximum Gasteiger partial charge on any atom is 0.336 e. The molecule has 0 saturated heterocycles. The van der Waals surface area contributed by atoms with Gasteiger partial charge >= 0.3 is 5.97 Å². The van der Waals surface area contributed by atoms with Gasteiger partial charge in [0.2, 0.25) is 0 Å². The van der Waals surface area contributed by atoms with Gasteiger partial charge < -0.3 is 9.84 Å². The molecule has 0 spiro atoms. The van der Waals surface area contributed by atoms with Gasteiger partial charge in [-0.2, -0.15) is 0 Å². The Morgan fingerprint density at radius 2 is 1.95 bits per heavy atom. The first-order chi connectivity index (χ1) is 9.47. The number of halogens is 2. The molecule has 0 aliphatic rings. The molecule has 0 amide bonds. The summed E-state index contributed by atoms with van der Waals surface area (Å²) in [6.45, 7) is 1.48. The van der Waals surface area contributed by atoms with E-state index in [9.17, 15) is 13.6 Å². The molecule has 0 saturated carbocycles. The first-order valence-corrected chi connectivity index (χ1v) is 5.88. The number of hydrogen-bond donors (Lipinski definition) is 1. The zero-order chi connectivity index (χ0) is 14.7. The second-order valence-electron chi connectivity index (χ2n) is 4.31. The van der Waals surface area contributed by atoms with Gasteiger partial charge in [0.05, 0.1) is 5.56 Å². The normalized spacial score (nSPS) is 10.3. The molecule has 1 N–H and O–H groups in total. The maximum absolute atomic E-state index is 13.2. The van der Waals surface area contributed by atoms with E-state index >= 15 is 0 Å². The van der Waals surface area contributed by atoms with Crippen LogP contribution in [0.25, 0.3) is 0 Å². The summed E-state index contributed by atoms with van der Waals surface area (Å²) in [6.07, 6.45) is 0. The highest BCUT2D eigenvalue weighted by atomic mass is 19.1. The molecule has 0 aromatic heterocycles. The van der Waals surface area contributed by atoms with Crippen LogP contribution < -0.4 is 4.74 Å². The van der Waals surface area contributed by atoms with Crippen LogP contribution in [0.1, 0.15) is 21.5 Å². The van der Waals surface area contributed by atoms with E-state index in [1.165, 1.54) is 24.3 Å². The molecule has 2 rings (SSSR count). The lowest BCUT2D eigenvalue weighted by atomic mass is 10.1. The number of aromatic carboxylic acids is 1. The molecule has 2 aromatic rings. The lowest BCUT2D eigenvalue weighted by Crippen LogP contribution is -2.06. The monoisotopic (exact) mass is 278 g/mol. The average Bonchev–Trinajstić information content (AvgIpc) is 2.40. The van der Waals surface area contributed by atoms with Gasteiger partial charge in [-0.05, 0) is 48.9 Å². The number of carboxylic acids is 1. The van der Waals surface area contributed by atoms with Crippen LogP contribution >= 0.6 is 0 Å². The Morgan fingerprint density at radius 1 is 1.20 bits per heavy atom. The molecule has 0 unspecified atom stereocenters. The molecular formula is C15H12F2O3. The van der Waals surface area contributed by atoms with Crippen LogP contribution in [0.2, 0.25) is 0 Å². The quantitative estimate of drug-likeness (QED) is 0.930. The van der Waals surface area contributed by atoms with E-state index in [1.54, 1.807) is 6.92 Å². The van der Waals surface area contributed by atoms with Crippen LogP contribution in [0.4, 0.5) is 8.78 Å². The van der Waals surface area contributed by atoms with Crippen molar-refractivity contribution in [2.24, 2.45) is 0 Å². The number of benzene rings is 2. The third-order valence-corrected chi connectivity index (χ3v) is 2.82. The van der Waals surface area contributed by atoms with Crippen LogP contribution in [0, 0.1) is 18.6 Å². The van der Waals surface area contributed by atoms with Crippen molar-refractivity contribution in [3.8, 4) is 5.75 Å². The Balaban J connectivity index is 2.20. The van der Waals surface area contributed by atoms with Crippen LogP contribution in [-0.4, -0.2) is 11.1 Å². The molecule has 104 valence electrons. The predicted octanol–water partition coefficient (Wildman–Crippen LogP) is 3.55. The standard InChI is InChI=1S/C15H12F2O3/c1-9-6-12(3-5-14(9)17)20-8-10-7-11(16)2-4-13(10)15(18)19/h2-7H,8H2,1H3,(H,18,19). The zero-order valence-electron chi connectivity index (χ0n) is 10.7. The summed E-state index contributed by atoms with van der Waals surface area (Å²) >= 11 is 0. The number of rotatable bonds is 4. The third kappa shape index (κ3) is 3.12. The van der Waals surface area contributed by atoms with E-state index in [4.69, 9.17) is 9.84 Å². The highest BCUT2D eigenvalue weighted by molar-refractivity contribution is 5.89. The van der Waals surface area contributed by atoms with Gasteiger partial charge in [-0.15, -0.1) is 0 Å². The fraction of sp³-hybridized carbons (Fsp3) is 0.133. The number of aryl methyl sites for hydroxylation is 1. The fourth-order valence-electron chi connectivity index (χ4n) is 1.76. The molecular weight excluding hydrogens is 266 g/mol. The van der Waals surface area contributed by atoms with Crippen molar-refractivity contribution in [1.29, 1.82) is 0 Å². The predicted molar refractivity (Wildman–Crippen MR) is 68.8 cm³/mol. The first kappa shape index (κ1) is 14.0. The number of carboxylic acid groups (broad SMARTS) is 1. The molecule has 0 heterocycles. The summed E-state index contributed by atoms with van der Waals surface area (Å²) in [6, 6.07) is 7.56. The van der Waals surface area contributed by atoms with Gasteiger partial charge in [0, 0.05) is 5.56 Å². The molecule has 0 atom stereocenters. The summed E-state index contributed by atoms with van der Waals surface area (Å²) in [4.78, 5) is 11.0. The van der Waals surface area contributed by atoms with Crippen molar-refractivity contribution >= 4 is 5.97 Å². The average molecular weight is 278 g/mol. The van der Waals surface area contributed by atoms with Crippen LogP contribution in [0.5, 0.6) is 5.75 Å². The molecule has 3 nitrogen and oxygen atoms in total. The molecule has 0 radical (unpaired) electrons. The zero-order valence-corrected chi connectivity index (χ0v) is 10.7. The fourth-order valence-corrected chi connectivity index (χ4v) is 1.76. The Labute approximate surface area is 114 Å². The molecule has 20 heavy (non-hydrogen) atoms. The second kappa shape index (κ2) is 5.69. The summed E-state index contributed by atoms with van der Waals surface area (Å²) in [7, 11) is 0. The Hall–Kier alpha value is -2.43. The highest BCUT2D eigenvalue weighted by Gasteiger charge is 2.11. The van der Waals surface area contributed by atoms with Crippen molar-refractivity contribution in [2.75, 3.05) is 0 Å². The summed E-state index contributed by atoms with van der Waals surface area (Å²) < 4.78 is 31.6. The lowest BCUT2D eigenvalue weighted by Gasteiger charge is -2.10. The van der Waals surface area contributed by atoms with E-state index in [0.29, 0.717) is 11.3 Å².